The predicted octanol–water partition coefficient (Wildman–Crippen LogP) is 4.17. The molecule has 0 atom stereocenters. The molecule has 1 N–H and O–H groups in total. The Morgan fingerprint density at radius 2 is 1.24 bits per heavy atom. The molecule has 1 heterocycles. The number of anilines is 1. The zero-order valence-corrected chi connectivity index (χ0v) is 16.2. The number of piperazine rings is 1. The van der Waals surface area contributed by atoms with Crippen molar-refractivity contribution >= 4 is 17.2 Å². The van der Waals surface area contributed by atoms with E-state index in [0.717, 1.165) is 35.5 Å². The van der Waals surface area contributed by atoms with Gasteiger partial charge in [-0.1, -0.05) is 60.7 Å². The molecule has 0 aromatic heterocycles. The van der Waals surface area contributed by atoms with Crippen molar-refractivity contribution < 1.29 is 9.90 Å². The van der Waals surface area contributed by atoms with Gasteiger partial charge in [-0.15, -0.1) is 0 Å². The van der Waals surface area contributed by atoms with E-state index in [4.69, 9.17) is 0 Å². The highest BCUT2D eigenvalue weighted by Crippen LogP contribution is 2.24. The van der Waals surface area contributed by atoms with Crippen molar-refractivity contribution in [3.05, 3.63) is 102 Å². The summed E-state index contributed by atoms with van der Waals surface area (Å²) in [6.07, 6.45) is 1.76. The molecule has 0 unspecified atom stereocenters. The Morgan fingerprint density at radius 3 is 1.76 bits per heavy atom. The highest BCUT2D eigenvalue weighted by molar-refractivity contribution is 5.99. The molecule has 29 heavy (non-hydrogen) atoms. The van der Waals surface area contributed by atoms with Crippen LogP contribution in [0.2, 0.25) is 0 Å². The van der Waals surface area contributed by atoms with Gasteiger partial charge in [0.05, 0.1) is 0 Å². The first-order valence-corrected chi connectivity index (χ1v) is 9.86. The normalized spacial score (nSPS) is 13.8. The number of hydrogen-bond acceptors (Lipinski definition) is 3. The van der Waals surface area contributed by atoms with Crippen molar-refractivity contribution in [2.45, 2.75) is 0 Å². The number of benzene rings is 3. The molecule has 0 radical (unpaired) electrons. The maximum Gasteiger partial charge on any atom is 0.247 e. The van der Waals surface area contributed by atoms with E-state index in [2.05, 4.69) is 4.90 Å². The molecule has 4 nitrogen and oxygen atoms in total. The SMILES string of the molecule is O=C(C=C(c1ccccc1)c1ccccc1)N1CCN(c2ccc(O)cc2)CC1. The van der Waals surface area contributed by atoms with Crippen LogP contribution in [0.3, 0.4) is 0 Å². The molecule has 4 heteroatoms. The Bertz CT molecular complexity index is 933. The van der Waals surface area contributed by atoms with Gasteiger partial charge < -0.3 is 14.9 Å². The average Bonchev–Trinajstić information content (AvgIpc) is 2.79. The number of hydrogen-bond donors (Lipinski definition) is 1. The van der Waals surface area contributed by atoms with Crippen molar-refractivity contribution in [3.8, 4) is 5.75 Å². The third kappa shape index (κ3) is 4.49. The smallest absolute Gasteiger partial charge is 0.247 e. The molecule has 0 saturated carbocycles. The van der Waals surface area contributed by atoms with Gasteiger partial charge in [0.1, 0.15) is 5.75 Å². The summed E-state index contributed by atoms with van der Waals surface area (Å²) in [5.41, 5.74) is 4.08. The maximum atomic E-state index is 13.0. The summed E-state index contributed by atoms with van der Waals surface area (Å²) in [5, 5.41) is 9.46. The molecular formula is C25H24N2O2. The minimum absolute atomic E-state index is 0.0399. The van der Waals surface area contributed by atoms with Crippen LogP contribution in [0.25, 0.3) is 5.57 Å². The van der Waals surface area contributed by atoms with Crippen LogP contribution >= 0.6 is 0 Å². The Kier molecular flexibility index (Phi) is 5.61. The molecule has 1 amide bonds. The second kappa shape index (κ2) is 8.65. The van der Waals surface area contributed by atoms with Crippen LogP contribution in [0.1, 0.15) is 11.1 Å². The predicted molar refractivity (Wildman–Crippen MR) is 117 cm³/mol. The zero-order chi connectivity index (χ0) is 20.1. The second-order valence-electron chi connectivity index (χ2n) is 7.12. The van der Waals surface area contributed by atoms with Gasteiger partial charge in [-0.05, 0) is 41.0 Å². The Balaban J connectivity index is 1.50. The summed E-state index contributed by atoms with van der Waals surface area (Å²) < 4.78 is 0. The summed E-state index contributed by atoms with van der Waals surface area (Å²) in [7, 11) is 0. The first-order chi connectivity index (χ1) is 14.2. The Labute approximate surface area is 171 Å². The zero-order valence-electron chi connectivity index (χ0n) is 16.2. The van der Waals surface area contributed by atoms with Gasteiger partial charge >= 0.3 is 0 Å². The highest BCUT2D eigenvalue weighted by atomic mass is 16.3. The monoisotopic (exact) mass is 384 g/mol. The fourth-order valence-corrected chi connectivity index (χ4v) is 3.63. The number of carbonyl (C=O) groups is 1. The third-order valence-electron chi connectivity index (χ3n) is 5.24. The number of carbonyl (C=O) groups excluding carboxylic acids is 1. The molecule has 1 aliphatic heterocycles. The van der Waals surface area contributed by atoms with Gasteiger partial charge in [0.15, 0.2) is 0 Å². The topological polar surface area (TPSA) is 43.8 Å². The highest BCUT2D eigenvalue weighted by Gasteiger charge is 2.21. The molecule has 4 rings (SSSR count). The molecule has 0 bridgehead atoms. The van der Waals surface area contributed by atoms with Crippen molar-refractivity contribution in [3.63, 3.8) is 0 Å². The fourth-order valence-electron chi connectivity index (χ4n) is 3.63. The third-order valence-corrected chi connectivity index (χ3v) is 5.24. The second-order valence-corrected chi connectivity index (χ2v) is 7.12. The largest absolute Gasteiger partial charge is 0.508 e. The van der Waals surface area contributed by atoms with Crippen molar-refractivity contribution in [2.75, 3.05) is 31.1 Å². The molecule has 1 aliphatic rings. The number of amides is 1. The molecule has 3 aromatic rings. The number of aromatic hydroxyl groups is 1. The number of nitrogens with zero attached hydrogens (tertiary/aromatic N) is 2. The van der Waals surface area contributed by atoms with Gasteiger partial charge in [-0.25, -0.2) is 0 Å². The van der Waals surface area contributed by atoms with E-state index in [-0.39, 0.29) is 11.7 Å². The molecule has 1 saturated heterocycles. The molecule has 1 fully saturated rings. The lowest BCUT2D eigenvalue weighted by atomic mass is 9.97. The number of phenols is 1. The summed E-state index contributed by atoms with van der Waals surface area (Å²) in [6.45, 7) is 2.90. The van der Waals surface area contributed by atoms with Gasteiger partial charge in [-0.3, -0.25) is 4.79 Å². The summed E-state index contributed by atoms with van der Waals surface area (Å²) in [6, 6.07) is 27.3. The van der Waals surface area contributed by atoms with E-state index >= 15 is 0 Å². The van der Waals surface area contributed by atoms with Crippen LogP contribution < -0.4 is 4.90 Å². The Morgan fingerprint density at radius 1 is 0.724 bits per heavy atom. The Hall–Kier alpha value is -3.53. The first kappa shape index (κ1) is 18.8. The van der Waals surface area contributed by atoms with Crippen molar-refractivity contribution in [2.24, 2.45) is 0 Å². The van der Waals surface area contributed by atoms with E-state index in [0.29, 0.717) is 13.1 Å². The van der Waals surface area contributed by atoms with Crippen LogP contribution in [0.5, 0.6) is 5.75 Å². The standard InChI is InChI=1S/C25H24N2O2/c28-23-13-11-22(12-14-23)26-15-17-27(18-16-26)25(29)19-24(20-7-3-1-4-8-20)21-9-5-2-6-10-21/h1-14,19,28H,15-18H2. The van der Waals surface area contributed by atoms with Crippen LogP contribution in [-0.4, -0.2) is 42.1 Å². The van der Waals surface area contributed by atoms with Crippen LogP contribution in [-0.2, 0) is 4.79 Å². The van der Waals surface area contributed by atoms with Crippen LogP contribution in [0.4, 0.5) is 5.69 Å². The molecular weight excluding hydrogens is 360 g/mol. The minimum atomic E-state index is 0.0399. The first-order valence-electron chi connectivity index (χ1n) is 9.86. The molecule has 3 aromatic carbocycles. The number of rotatable bonds is 4. The van der Waals surface area contributed by atoms with E-state index < -0.39 is 0 Å². The lowest BCUT2D eigenvalue weighted by molar-refractivity contribution is -0.126. The summed E-state index contributed by atoms with van der Waals surface area (Å²) >= 11 is 0. The van der Waals surface area contributed by atoms with Crippen LogP contribution in [0, 0.1) is 0 Å². The van der Waals surface area contributed by atoms with Crippen molar-refractivity contribution in [1.82, 2.24) is 4.90 Å². The van der Waals surface area contributed by atoms with Gasteiger partial charge in [-0.2, -0.15) is 0 Å². The summed E-state index contributed by atoms with van der Waals surface area (Å²) in [5.74, 6) is 0.306. The van der Waals surface area contributed by atoms with E-state index in [9.17, 15) is 9.90 Å². The lowest BCUT2D eigenvalue weighted by Gasteiger charge is -2.35. The minimum Gasteiger partial charge on any atom is -0.508 e. The average molecular weight is 384 g/mol. The molecule has 0 aliphatic carbocycles. The van der Waals surface area contributed by atoms with Gasteiger partial charge in [0.2, 0.25) is 5.91 Å². The van der Waals surface area contributed by atoms with E-state index in [1.807, 2.05) is 77.7 Å². The fraction of sp³-hybridized carbons (Fsp3) is 0.160. The molecule has 0 spiro atoms. The molecule has 146 valence electrons. The lowest BCUT2D eigenvalue weighted by Crippen LogP contribution is -2.48. The van der Waals surface area contributed by atoms with E-state index in [1.54, 1.807) is 18.2 Å². The van der Waals surface area contributed by atoms with Crippen LogP contribution in [0.15, 0.2) is 91.0 Å². The quantitative estimate of drug-likeness (QED) is 0.687. The van der Waals surface area contributed by atoms with Crippen molar-refractivity contribution in [1.29, 1.82) is 0 Å². The van der Waals surface area contributed by atoms with Gasteiger partial charge in [0, 0.05) is 37.9 Å². The maximum absolute atomic E-state index is 13.0. The summed E-state index contributed by atoms with van der Waals surface area (Å²) in [4.78, 5) is 17.2. The number of phenolic OH excluding ortho intramolecular Hbond substituents is 1. The van der Waals surface area contributed by atoms with Gasteiger partial charge in [0.25, 0.3) is 0 Å². The van der Waals surface area contributed by atoms with E-state index in [1.165, 1.54) is 0 Å².